The first kappa shape index (κ1) is 20.4. The van der Waals surface area contributed by atoms with Gasteiger partial charge in [0.25, 0.3) is 0 Å². The number of rotatable bonds is 7. The molecule has 1 fully saturated rings. The average molecular weight is 388 g/mol. The number of methoxy groups -OCH3 is 4. The van der Waals surface area contributed by atoms with Crippen LogP contribution in [0.2, 0.25) is 0 Å². The Morgan fingerprint density at radius 2 is 1.71 bits per heavy atom. The van der Waals surface area contributed by atoms with Crippen molar-refractivity contribution in [3.63, 3.8) is 0 Å². The summed E-state index contributed by atoms with van der Waals surface area (Å²) in [6.45, 7) is 5.74. The van der Waals surface area contributed by atoms with Gasteiger partial charge < -0.3 is 24.1 Å². The third-order valence-electron chi connectivity index (χ3n) is 6.20. The Bertz CT molecular complexity index is 788. The fraction of sp³-hybridized carbons (Fsp3) is 0.500. The van der Waals surface area contributed by atoms with Gasteiger partial charge in [0.2, 0.25) is 5.75 Å². The van der Waals surface area contributed by atoms with Gasteiger partial charge in [-0.15, -0.1) is 6.58 Å². The number of hydrogen-bond donors (Lipinski definition) is 1. The molecule has 1 aromatic carbocycles. The number of hydrogen-bond acceptors (Lipinski definition) is 6. The highest BCUT2D eigenvalue weighted by molar-refractivity contribution is 5.98. The Labute approximate surface area is 165 Å². The van der Waals surface area contributed by atoms with Gasteiger partial charge in [0.1, 0.15) is 5.60 Å². The van der Waals surface area contributed by atoms with Crippen molar-refractivity contribution in [3.8, 4) is 17.2 Å². The number of ketones is 1. The zero-order valence-corrected chi connectivity index (χ0v) is 17.0. The van der Waals surface area contributed by atoms with Gasteiger partial charge in [-0.1, -0.05) is 13.0 Å². The van der Waals surface area contributed by atoms with Crippen LogP contribution in [0, 0.1) is 11.8 Å². The number of allylic oxidation sites excluding steroid dienone is 1. The molecule has 0 radical (unpaired) electrons. The van der Waals surface area contributed by atoms with Gasteiger partial charge in [0.15, 0.2) is 17.3 Å². The van der Waals surface area contributed by atoms with E-state index in [1.807, 2.05) is 19.1 Å². The summed E-state index contributed by atoms with van der Waals surface area (Å²) in [7, 11) is 6.20. The van der Waals surface area contributed by atoms with Crippen LogP contribution < -0.4 is 14.2 Å². The third-order valence-corrected chi connectivity index (χ3v) is 6.20. The second kappa shape index (κ2) is 7.60. The molecule has 6 nitrogen and oxygen atoms in total. The Morgan fingerprint density at radius 1 is 1.11 bits per heavy atom. The number of carbonyl (C=O) groups excluding carboxylic acids is 1. The first-order valence-electron chi connectivity index (χ1n) is 9.30. The molecule has 3 rings (SSSR count). The molecule has 0 saturated heterocycles. The van der Waals surface area contributed by atoms with E-state index in [0.717, 1.165) is 11.1 Å². The van der Waals surface area contributed by atoms with E-state index in [1.54, 1.807) is 40.6 Å². The van der Waals surface area contributed by atoms with Gasteiger partial charge in [-0.3, -0.25) is 4.79 Å². The van der Waals surface area contributed by atoms with Crippen molar-refractivity contribution in [2.75, 3.05) is 28.4 Å². The van der Waals surface area contributed by atoms with E-state index in [0.29, 0.717) is 23.7 Å². The van der Waals surface area contributed by atoms with Gasteiger partial charge in [-0.2, -0.15) is 0 Å². The maximum Gasteiger partial charge on any atom is 0.203 e. The van der Waals surface area contributed by atoms with Crippen LogP contribution in [-0.2, 0) is 9.53 Å². The summed E-state index contributed by atoms with van der Waals surface area (Å²) >= 11 is 0. The Hall–Kier alpha value is -2.31. The van der Waals surface area contributed by atoms with Gasteiger partial charge in [-0.25, -0.2) is 0 Å². The summed E-state index contributed by atoms with van der Waals surface area (Å²) in [6, 6.07) is 3.69. The zero-order chi connectivity index (χ0) is 20.6. The summed E-state index contributed by atoms with van der Waals surface area (Å²) in [4.78, 5) is 13.3. The molecule has 1 N–H and O–H groups in total. The van der Waals surface area contributed by atoms with Crippen LogP contribution in [0.15, 0.2) is 36.4 Å². The highest BCUT2D eigenvalue weighted by Crippen LogP contribution is 2.56. The molecule has 0 aromatic heterocycles. The average Bonchev–Trinajstić information content (AvgIpc) is 2.86. The van der Waals surface area contributed by atoms with Crippen molar-refractivity contribution in [2.45, 2.75) is 31.0 Å². The van der Waals surface area contributed by atoms with Crippen LogP contribution in [0.5, 0.6) is 17.2 Å². The van der Waals surface area contributed by atoms with Crippen LogP contribution in [0.3, 0.4) is 0 Å². The van der Waals surface area contributed by atoms with Crippen molar-refractivity contribution in [1.82, 2.24) is 0 Å². The molecule has 2 aliphatic rings. The molecule has 0 amide bonds. The number of aliphatic hydroxyl groups is 1. The summed E-state index contributed by atoms with van der Waals surface area (Å²) in [5, 5.41) is 11.0. The van der Waals surface area contributed by atoms with E-state index >= 15 is 0 Å². The van der Waals surface area contributed by atoms with Crippen LogP contribution in [0.1, 0.15) is 24.8 Å². The summed E-state index contributed by atoms with van der Waals surface area (Å²) in [5.74, 6) is 0.348. The zero-order valence-electron chi connectivity index (χ0n) is 17.0. The van der Waals surface area contributed by atoms with Crippen LogP contribution in [0.25, 0.3) is 0 Å². The molecule has 0 aliphatic heterocycles. The number of benzene rings is 1. The maximum atomic E-state index is 13.3. The molecule has 0 spiro atoms. The minimum Gasteiger partial charge on any atom is -0.493 e. The molecule has 1 aromatic rings. The second-order valence-corrected chi connectivity index (χ2v) is 7.32. The monoisotopic (exact) mass is 388 g/mol. The summed E-state index contributed by atoms with van der Waals surface area (Å²) in [5.41, 5.74) is 0.544. The van der Waals surface area contributed by atoms with Crippen LogP contribution >= 0.6 is 0 Å². The molecule has 2 aliphatic carbocycles. The standard InChI is InChI=1S/C22H28O6/c1-7-8-13-11-22(28-6)12(2)17(18(19(13)23)21(22)24)14-9-15(25-3)20(27-5)16(10-14)26-4/h7,9-12,17-19,23H,1,8H2,2-6H3/t12-,17+,18+,19+,22+/m0/s1. The molecule has 152 valence electrons. The first-order chi connectivity index (χ1) is 13.4. The largest absolute Gasteiger partial charge is 0.493 e. The van der Waals surface area contributed by atoms with Crippen molar-refractivity contribution < 1.29 is 28.8 Å². The lowest BCUT2D eigenvalue weighted by atomic mass is 9.78. The number of Topliss-reactive ketones (excluding diaryl/α,β-unsaturated/α-hetero) is 1. The molecule has 0 heterocycles. The van der Waals surface area contributed by atoms with Crippen molar-refractivity contribution in [2.24, 2.45) is 11.8 Å². The lowest BCUT2D eigenvalue weighted by molar-refractivity contribution is -0.140. The van der Waals surface area contributed by atoms with Crippen molar-refractivity contribution in [1.29, 1.82) is 0 Å². The number of aliphatic hydroxyl groups excluding tert-OH is 1. The highest BCUT2D eigenvalue weighted by Gasteiger charge is 2.63. The van der Waals surface area contributed by atoms with E-state index < -0.39 is 17.6 Å². The molecule has 6 heteroatoms. The predicted molar refractivity (Wildman–Crippen MR) is 105 cm³/mol. The van der Waals surface area contributed by atoms with E-state index in [1.165, 1.54) is 0 Å². The van der Waals surface area contributed by atoms with Gasteiger partial charge in [0.05, 0.1) is 33.4 Å². The van der Waals surface area contributed by atoms with Crippen molar-refractivity contribution in [3.05, 3.63) is 42.0 Å². The first-order valence-corrected chi connectivity index (χ1v) is 9.30. The summed E-state index contributed by atoms with van der Waals surface area (Å²) in [6.07, 6.45) is 3.14. The minimum atomic E-state index is -1.06. The number of carbonyl (C=O) groups is 1. The molecule has 5 atom stereocenters. The predicted octanol–water partition coefficient (Wildman–Crippen LogP) is 2.89. The number of fused-ring (bicyclic) bond motifs is 2. The maximum absolute atomic E-state index is 13.3. The van der Waals surface area contributed by atoms with E-state index in [-0.39, 0.29) is 17.6 Å². The minimum absolute atomic E-state index is 0.0958. The summed E-state index contributed by atoms with van der Waals surface area (Å²) < 4.78 is 22.1. The Kier molecular flexibility index (Phi) is 5.55. The van der Waals surface area contributed by atoms with E-state index in [9.17, 15) is 9.90 Å². The van der Waals surface area contributed by atoms with Crippen molar-refractivity contribution >= 4 is 5.78 Å². The normalized spacial score (nSPS) is 31.4. The van der Waals surface area contributed by atoms with Gasteiger partial charge >= 0.3 is 0 Å². The highest BCUT2D eigenvalue weighted by atomic mass is 16.5. The van der Waals surface area contributed by atoms with Gasteiger partial charge in [-0.05, 0) is 35.8 Å². The topological polar surface area (TPSA) is 74.2 Å². The molecular weight excluding hydrogens is 360 g/mol. The Balaban J connectivity index is 2.17. The van der Waals surface area contributed by atoms with Gasteiger partial charge in [0, 0.05) is 18.9 Å². The lowest BCUT2D eigenvalue weighted by Crippen LogP contribution is -2.46. The fourth-order valence-corrected chi connectivity index (χ4v) is 4.84. The molecule has 0 unspecified atom stereocenters. The second-order valence-electron chi connectivity index (χ2n) is 7.32. The molecule has 1 saturated carbocycles. The molecule has 2 bridgehead atoms. The van der Waals surface area contributed by atoms with Crippen LogP contribution in [-0.4, -0.2) is 51.0 Å². The van der Waals surface area contributed by atoms with E-state index in [4.69, 9.17) is 18.9 Å². The Morgan fingerprint density at radius 3 is 2.18 bits per heavy atom. The van der Waals surface area contributed by atoms with Crippen LogP contribution in [0.4, 0.5) is 0 Å². The lowest BCUT2D eigenvalue weighted by Gasteiger charge is -2.33. The third kappa shape index (κ3) is 2.74. The number of ether oxygens (including phenoxy) is 4. The van der Waals surface area contributed by atoms with E-state index in [2.05, 4.69) is 6.58 Å². The fourth-order valence-electron chi connectivity index (χ4n) is 4.84. The quantitative estimate of drug-likeness (QED) is 0.724. The molecular formula is C22H28O6. The molecule has 28 heavy (non-hydrogen) atoms. The smallest absolute Gasteiger partial charge is 0.203 e. The SMILES string of the molecule is C=CCC1=C[C@]2(OC)C(=O)[C@H]([C@@H](c3cc(OC)c(OC)c(OC)c3)[C@@H]2C)[C@@H]1O.